The maximum atomic E-state index is 11.9. The molecule has 0 aliphatic carbocycles. The van der Waals surface area contributed by atoms with E-state index in [2.05, 4.69) is 5.16 Å². The van der Waals surface area contributed by atoms with Gasteiger partial charge in [-0.1, -0.05) is 24.9 Å². The predicted molar refractivity (Wildman–Crippen MR) is 39.4 cm³/mol. The van der Waals surface area contributed by atoms with Crippen molar-refractivity contribution in [1.82, 2.24) is 0 Å². The Balaban J connectivity index is 3.87. The van der Waals surface area contributed by atoms with Crippen LogP contribution in [0.4, 0.5) is 13.2 Å². The Hall–Kier alpha value is -0.740. The van der Waals surface area contributed by atoms with Gasteiger partial charge in [-0.25, -0.2) is 0 Å². The number of oxime groups is 1. The van der Waals surface area contributed by atoms with Gasteiger partial charge in [-0.2, -0.15) is 13.2 Å². The van der Waals surface area contributed by atoms with Gasteiger partial charge >= 0.3 is 6.18 Å². The maximum Gasteiger partial charge on any atom is 0.432 e. The number of nitrogens with zero attached hydrogens (tertiary/aromatic N) is 1. The molecule has 0 aromatic heterocycles. The quantitative estimate of drug-likeness (QED) is 0.309. The molecule has 0 aliphatic heterocycles. The van der Waals surface area contributed by atoms with Crippen molar-refractivity contribution in [3.05, 3.63) is 0 Å². The van der Waals surface area contributed by atoms with E-state index in [0.717, 1.165) is 12.8 Å². The molecule has 0 aliphatic rings. The van der Waals surface area contributed by atoms with Crippen LogP contribution in [0.25, 0.3) is 0 Å². The molecule has 72 valence electrons. The molecule has 0 amide bonds. The lowest BCUT2D eigenvalue weighted by atomic mass is 10.1. The van der Waals surface area contributed by atoms with Crippen LogP contribution in [-0.4, -0.2) is 17.1 Å². The Morgan fingerprint density at radius 3 is 2.25 bits per heavy atom. The molecule has 0 atom stereocenters. The highest BCUT2D eigenvalue weighted by molar-refractivity contribution is 5.89. The van der Waals surface area contributed by atoms with Crippen molar-refractivity contribution >= 4 is 5.71 Å². The fourth-order valence-corrected chi connectivity index (χ4v) is 0.791. The van der Waals surface area contributed by atoms with Crippen LogP contribution in [0.3, 0.4) is 0 Å². The summed E-state index contributed by atoms with van der Waals surface area (Å²) < 4.78 is 35.6. The third-order valence-electron chi connectivity index (χ3n) is 1.47. The van der Waals surface area contributed by atoms with Crippen molar-refractivity contribution in [1.29, 1.82) is 0 Å². The summed E-state index contributed by atoms with van der Waals surface area (Å²) >= 11 is 0. The lowest BCUT2D eigenvalue weighted by molar-refractivity contribution is -0.0627. The number of unbranched alkanes of at least 4 members (excludes halogenated alkanes) is 2. The summed E-state index contributed by atoms with van der Waals surface area (Å²) in [6.45, 7) is 1.89. The largest absolute Gasteiger partial charge is 0.432 e. The van der Waals surface area contributed by atoms with E-state index in [0.29, 0.717) is 6.42 Å². The third-order valence-corrected chi connectivity index (χ3v) is 1.47. The van der Waals surface area contributed by atoms with Crippen LogP contribution in [0.15, 0.2) is 5.16 Å². The second-order valence-electron chi connectivity index (χ2n) is 2.50. The summed E-state index contributed by atoms with van der Waals surface area (Å²) in [5.41, 5.74) is -1.09. The molecule has 12 heavy (non-hydrogen) atoms. The number of hydrogen-bond donors (Lipinski definition) is 1. The van der Waals surface area contributed by atoms with E-state index in [-0.39, 0.29) is 6.42 Å². The van der Waals surface area contributed by atoms with Crippen LogP contribution >= 0.6 is 0 Å². The summed E-state index contributed by atoms with van der Waals surface area (Å²) in [6, 6.07) is 0. The van der Waals surface area contributed by atoms with Crippen molar-refractivity contribution in [2.75, 3.05) is 0 Å². The van der Waals surface area contributed by atoms with Gasteiger partial charge < -0.3 is 5.21 Å². The van der Waals surface area contributed by atoms with Gasteiger partial charge in [-0.3, -0.25) is 0 Å². The SMILES string of the molecule is CCCCC/C(=N/O)C(F)(F)F. The van der Waals surface area contributed by atoms with Gasteiger partial charge in [-0.05, 0) is 12.8 Å². The minimum atomic E-state index is -4.48. The average molecular weight is 183 g/mol. The highest BCUT2D eigenvalue weighted by Crippen LogP contribution is 2.20. The molecule has 0 radical (unpaired) electrons. The molecule has 0 aromatic carbocycles. The van der Waals surface area contributed by atoms with Crippen molar-refractivity contribution in [2.45, 2.75) is 38.8 Å². The Morgan fingerprint density at radius 1 is 1.33 bits per heavy atom. The molecule has 1 N–H and O–H groups in total. The van der Waals surface area contributed by atoms with Crippen LogP contribution in [0, 0.1) is 0 Å². The molecule has 0 rings (SSSR count). The lowest BCUT2D eigenvalue weighted by Crippen LogP contribution is -2.22. The van der Waals surface area contributed by atoms with E-state index < -0.39 is 11.9 Å². The predicted octanol–water partition coefficient (Wildman–Crippen LogP) is 2.96. The molecular weight excluding hydrogens is 171 g/mol. The molecule has 0 saturated heterocycles. The Kier molecular flexibility index (Phi) is 4.70. The van der Waals surface area contributed by atoms with Crippen molar-refractivity contribution in [3.63, 3.8) is 0 Å². The number of halogens is 3. The zero-order valence-electron chi connectivity index (χ0n) is 6.86. The topological polar surface area (TPSA) is 32.6 Å². The first-order valence-corrected chi connectivity index (χ1v) is 3.80. The van der Waals surface area contributed by atoms with E-state index in [1.165, 1.54) is 0 Å². The minimum absolute atomic E-state index is 0.201. The fourth-order valence-electron chi connectivity index (χ4n) is 0.791. The Labute approximate surface area is 69.1 Å². The maximum absolute atomic E-state index is 11.9. The molecular formula is C7H12F3NO. The standard InChI is InChI=1S/C7H12F3NO/c1-2-3-4-5-6(11-12)7(8,9)10/h12H,2-5H2,1H3/b11-6-. The molecule has 0 bridgehead atoms. The van der Waals surface area contributed by atoms with Gasteiger partial charge in [0.05, 0.1) is 0 Å². The molecule has 5 heteroatoms. The van der Waals surface area contributed by atoms with E-state index >= 15 is 0 Å². The number of hydrogen-bond acceptors (Lipinski definition) is 2. The van der Waals surface area contributed by atoms with Gasteiger partial charge in [0, 0.05) is 0 Å². The first-order valence-electron chi connectivity index (χ1n) is 3.80. The smallest absolute Gasteiger partial charge is 0.411 e. The zero-order chi connectivity index (χ0) is 9.61. The van der Waals surface area contributed by atoms with Crippen molar-refractivity contribution in [2.24, 2.45) is 5.16 Å². The molecule has 0 heterocycles. The van der Waals surface area contributed by atoms with E-state index in [1.54, 1.807) is 0 Å². The van der Waals surface area contributed by atoms with Crippen molar-refractivity contribution in [3.8, 4) is 0 Å². The van der Waals surface area contributed by atoms with Crippen LogP contribution in [-0.2, 0) is 0 Å². The second-order valence-corrected chi connectivity index (χ2v) is 2.50. The van der Waals surface area contributed by atoms with E-state index in [9.17, 15) is 13.2 Å². The Morgan fingerprint density at radius 2 is 1.92 bits per heavy atom. The number of rotatable bonds is 4. The monoisotopic (exact) mass is 183 g/mol. The van der Waals surface area contributed by atoms with Gasteiger partial charge in [0.15, 0.2) is 5.71 Å². The summed E-state index contributed by atoms with van der Waals surface area (Å²) in [5.74, 6) is 0. The van der Waals surface area contributed by atoms with Gasteiger partial charge in [-0.15, -0.1) is 0 Å². The lowest BCUT2D eigenvalue weighted by Gasteiger charge is -2.07. The highest BCUT2D eigenvalue weighted by Gasteiger charge is 2.35. The van der Waals surface area contributed by atoms with Crippen LogP contribution in [0.5, 0.6) is 0 Å². The van der Waals surface area contributed by atoms with E-state index in [1.807, 2.05) is 6.92 Å². The zero-order valence-corrected chi connectivity index (χ0v) is 6.86. The molecule has 0 fully saturated rings. The minimum Gasteiger partial charge on any atom is -0.411 e. The average Bonchev–Trinajstić information content (AvgIpc) is 1.95. The highest BCUT2D eigenvalue weighted by atomic mass is 19.4. The molecule has 0 saturated carbocycles. The second kappa shape index (κ2) is 5.00. The van der Waals surface area contributed by atoms with Gasteiger partial charge in [0.1, 0.15) is 0 Å². The molecule has 0 unspecified atom stereocenters. The number of alkyl halides is 3. The fraction of sp³-hybridized carbons (Fsp3) is 0.857. The molecule has 0 aromatic rings. The molecule has 2 nitrogen and oxygen atoms in total. The normalized spacial score (nSPS) is 13.5. The van der Waals surface area contributed by atoms with Gasteiger partial charge in [0.25, 0.3) is 0 Å². The van der Waals surface area contributed by atoms with Crippen LogP contribution < -0.4 is 0 Å². The van der Waals surface area contributed by atoms with E-state index in [4.69, 9.17) is 5.21 Å². The summed E-state index contributed by atoms with van der Waals surface area (Å²) in [6.07, 6.45) is -2.71. The summed E-state index contributed by atoms with van der Waals surface area (Å²) in [7, 11) is 0. The summed E-state index contributed by atoms with van der Waals surface area (Å²) in [5, 5.41) is 10.3. The van der Waals surface area contributed by atoms with Crippen molar-refractivity contribution < 1.29 is 18.4 Å². The molecule has 0 spiro atoms. The first kappa shape index (κ1) is 11.3. The first-order chi connectivity index (χ1) is 5.52. The van der Waals surface area contributed by atoms with Crippen LogP contribution in [0.1, 0.15) is 32.6 Å². The van der Waals surface area contributed by atoms with Crippen LogP contribution in [0.2, 0.25) is 0 Å². The van der Waals surface area contributed by atoms with Gasteiger partial charge in [0.2, 0.25) is 0 Å². The third kappa shape index (κ3) is 4.20. The summed E-state index contributed by atoms with van der Waals surface area (Å²) in [4.78, 5) is 0. The Bertz CT molecular complexity index is 153.